The Labute approximate surface area is 175 Å². The summed E-state index contributed by atoms with van der Waals surface area (Å²) in [6.07, 6.45) is 4.60. The predicted octanol–water partition coefficient (Wildman–Crippen LogP) is 2.98. The molecule has 0 radical (unpaired) electrons. The SMILES string of the molecule is CCN(CC)c1ccc(CNC(=NC)N(C)CCOCC2CC2)cn1.I. The summed E-state index contributed by atoms with van der Waals surface area (Å²) in [6.45, 7) is 9.45. The summed E-state index contributed by atoms with van der Waals surface area (Å²) in [7, 11) is 3.85. The number of guanidine groups is 1. The molecule has 1 heterocycles. The second kappa shape index (κ2) is 12.3. The van der Waals surface area contributed by atoms with Gasteiger partial charge in [0.15, 0.2) is 5.96 Å². The van der Waals surface area contributed by atoms with Gasteiger partial charge in [0, 0.05) is 53.1 Å². The maximum Gasteiger partial charge on any atom is 0.193 e. The fraction of sp³-hybridized carbons (Fsp3) is 0.684. The van der Waals surface area contributed by atoms with Crippen LogP contribution in [0.3, 0.4) is 0 Å². The van der Waals surface area contributed by atoms with E-state index < -0.39 is 0 Å². The van der Waals surface area contributed by atoms with Crippen LogP contribution in [0.4, 0.5) is 5.82 Å². The fourth-order valence-corrected chi connectivity index (χ4v) is 2.66. The summed E-state index contributed by atoms with van der Waals surface area (Å²) in [5, 5.41) is 3.39. The Balaban J connectivity index is 0.00000338. The van der Waals surface area contributed by atoms with Gasteiger partial charge in [-0.2, -0.15) is 0 Å². The lowest BCUT2D eigenvalue weighted by Crippen LogP contribution is -2.40. The lowest BCUT2D eigenvalue weighted by Gasteiger charge is -2.22. The summed E-state index contributed by atoms with van der Waals surface area (Å²) < 4.78 is 5.70. The molecule has 2 rings (SSSR count). The molecule has 0 unspecified atom stereocenters. The quantitative estimate of drug-likeness (QED) is 0.244. The molecule has 0 amide bonds. The van der Waals surface area contributed by atoms with Crippen LogP contribution >= 0.6 is 24.0 Å². The van der Waals surface area contributed by atoms with E-state index in [9.17, 15) is 0 Å². The molecule has 1 aromatic heterocycles. The lowest BCUT2D eigenvalue weighted by atomic mass is 10.2. The number of likely N-dealkylation sites (N-methyl/N-ethyl adjacent to an activating group) is 1. The Kier molecular flexibility index (Phi) is 10.9. The van der Waals surface area contributed by atoms with Crippen LogP contribution in [0.5, 0.6) is 0 Å². The molecule has 26 heavy (non-hydrogen) atoms. The van der Waals surface area contributed by atoms with Gasteiger partial charge in [-0.15, -0.1) is 24.0 Å². The lowest BCUT2D eigenvalue weighted by molar-refractivity contribution is 0.115. The second-order valence-electron chi connectivity index (χ2n) is 6.54. The number of anilines is 1. The van der Waals surface area contributed by atoms with Crippen LogP contribution in [0.25, 0.3) is 0 Å². The summed E-state index contributed by atoms with van der Waals surface area (Å²) in [5.41, 5.74) is 1.15. The molecular weight excluding hydrogens is 441 g/mol. The van der Waals surface area contributed by atoms with E-state index in [-0.39, 0.29) is 24.0 Å². The van der Waals surface area contributed by atoms with Gasteiger partial charge in [0.25, 0.3) is 0 Å². The first-order valence-corrected chi connectivity index (χ1v) is 9.37. The molecule has 6 nitrogen and oxygen atoms in total. The first-order chi connectivity index (χ1) is 12.2. The van der Waals surface area contributed by atoms with Crippen LogP contribution < -0.4 is 10.2 Å². The Morgan fingerprint density at radius 1 is 1.31 bits per heavy atom. The molecule has 1 fully saturated rings. The number of aliphatic imine (C=N–C) groups is 1. The first kappa shape index (κ1) is 23.0. The third-order valence-corrected chi connectivity index (χ3v) is 4.54. The maximum atomic E-state index is 5.70. The topological polar surface area (TPSA) is 53.0 Å². The number of rotatable bonds is 10. The highest BCUT2D eigenvalue weighted by Crippen LogP contribution is 2.28. The van der Waals surface area contributed by atoms with Crippen molar-refractivity contribution >= 4 is 35.8 Å². The molecule has 0 atom stereocenters. The van der Waals surface area contributed by atoms with Crippen LogP contribution in [0, 0.1) is 5.92 Å². The van der Waals surface area contributed by atoms with Gasteiger partial charge in [-0.05, 0) is 44.2 Å². The minimum Gasteiger partial charge on any atom is -0.379 e. The molecule has 0 saturated heterocycles. The van der Waals surface area contributed by atoms with Crippen molar-refractivity contribution in [1.82, 2.24) is 15.2 Å². The third kappa shape index (κ3) is 7.65. The Morgan fingerprint density at radius 2 is 2.04 bits per heavy atom. The monoisotopic (exact) mass is 475 g/mol. The summed E-state index contributed by atoms with van der Waals surface area (Å²) in [6, 6.07) is 4.21. The van der Waals surface area contributed by atoms with Crippen molar-refractivity contribution in [1.29, 1.82) is 0 Å². The van der Waals surface area contributed by atoms with Crippen LogP contribution in [0.1, 0.15) is 32.3 Å². The second-order valence-corrected chi connectivity index (χ2v) is 6.54. The molecule has 1 aliphatic rings. The summed E-state index contributed by atoms with van der Waals surface area (Å²) in [5.74, 6) is 2.72. The number of hydrogen-bond donors (Lipinski definition) is 1. The van der Waals surface area contributed by atoms with Crippen LogP contribution in [0.2, 0.25) is 0 Å². The predicted molar refractivity (Wildman–Crippen MR) is 120 cm³/mol. The Morgan fingerprint density at radius 3 is 2.58 bits per heavy atom. The normalized spacial score (nSPS) is 13.9. The number of halogens is 1. The Bertz CT molecular complexity index is 529. The van der Waals surface area contributed by atoms with Crippen LogP contribution in [0.15, 0.2) is 23.3 Å². The van der Waals surface area contributed by atoms with Crippen molar-refractivity contribution in [2.75, 3.05) is 51.8 Å². The summed E-state index contributed by atoms with van der Waals surface area (Å²) >= 11 is 0. The van der Waals surface area contributed by atoms with Crippen molar-refractivity contribution in [3.63, 3.8) is 0 Å². The van der Waals surface area contributed by atoms with E-state index in [2.05, 4.69) is 51.1 Å². The minimum absolute atomic E-state index is 0. The van der Waals surface area contributed by atoms with E-state index in [1.54, 1.807) is 0 Å². The van der Waals surface area contributed by atoms with Crippen molar-refractivity contribution in [3.05, 3.63) is 23.9 Å². The largest absolute Gasteiger partial charge is 0.379 e. The Hall–Kier alpha value is -1.09. The summed E-state index contributed by atoms with van der Waals surface area (Å²) in [4.78, 5) is 13.3. The first-order valence-electron chi connectivity index (χ1n) is 9.37. The standard InChI is InChI=1S/C19H33N5O.HI/c1-5-24(6-2)18-10-9-17(13-21-18)14-22-19(20-3)23(4)11-12-25-15-16-7-8-16;/h9-10,13,16H,5-8,11-12,14-15H2,1-4H3,(H,20,22);1H. The van der Waals surface area contributed by atoms with Gasteiger partial charge in [-0.3, -0.25) is 4.99 Å². The van der Waals surface area contributed by atoms with E-state index in [0.29, 0.717) is 6.54 Å². The molecule has 148 valence electrons. The van der Waals surface area contributed by atoms with E-state index in [4.69, 9.17) is 4.74 Å². The van der Waals surface area contributed by atoms with E-state index in [1.807, 2.05) is 20.3 Å². The number of aromatic nitrogens is 1. The molecule has 1 aliphatic carbocycles. The average Bonchev–Trinajstić information content (AvgIpc) is 3.46. The van der Waals surface area contributed by atoms with Gasteiger partial charge < -0.3 is 19.9 Å². The molecule has 7 heteroatoms. The maximum absolute atomic E-state index is 5.70. The third-order valence-electron chi connectivity index (χ3n) is 4.54. The van der Waals surface area contributed by atoms with Gasteiger partial charge in [-0.1, -0.05) is 6.07 Å². The highest BCUT2D eigenvalue weighted by molar-refractivity contribution is 14.0. The highest BCUT2D eigenvalue weighted by atomic mass is 127. The minimum atomic E-state index is 0. The fourth-order valence-electron chi connectivity index (χ4n) is 2.66. The molecule has 0 aromatic carbocycles. The van der Waals surface area contributed by atoms with E-state index in [1.165, 1.54) is 12.8 Å². The number of nitrogens with one attached hydrogen (secondary N) is 1. The zero-order chi connectivity index (χ0) is 18.1. The van der Waals surface area contributed by atoms with E-state index >= 15 is 0 Å². The zero-order valence-electron chi connectivity index (χ0n) is 16.6. The molecule has 0 spiro atoms. The van der Waals surface area contributed by atoms with Crippen molar-refractivity contribution in [3.8, 4) is 0 Å². The van der Waals surface area contributed by atoms with Gasteiger partial charge in [0.1, 0.15) is 5.82 Å². The number of nitrogens with zero attached hydrogens (tertiary/aromatic N) is 4. The molecule has 1 N–H and O–H groups in total. The van der Waals surface area contributed by atoms with Crippen LogP contribution in [-0.2, 0) is 11.3 Å². The number of hydrogen-bond acceptors (Lipinski definition) is 4. The van der Waals surface area contributed by atoms with Crippen molar-refractivity contribution in [2.24, 2.45) is 10.9 Å². The van der Waals surface area contributed by atoms with Gasteiger partial charge >= 0.3 is 0 Å². The van der Waals surface area contributed by atoms with Crippen molar-refractivity contribution in [2.45, 2.75) is 33.2 Å². The molecule has 1 saturated carbocycles. The van der Waals surface area contributed by atoms with Gasteiger partial charge in [0.05, 0.1) is 6.61 Å². The number of ether oxygens (including phenoxy) is 1. The highest BCUT2D eigenvalue weighted by Gasteiger charge is 2.21. The van der Waals surface area contributed by atoms with E-state index in [0.717, 1.165) is 56.1 Å². The molecule has 0 bridgehead atoms. The van der Waals surface area contributed by atoms with Crippen LogP contribution in [-0.4, -0.2) is 62.8 Å². The average molecular weight is 475 g/mol. The van der Waals surface area contributed by atoms with Crippen molar-refractivity contribution < 1.29 is 4.74 Å². The van der Waals surface area contributed by atoms with Gasteiger partial charge in [-0.25, -0.2) is 4.98 Å². The molecular formula is C19H34IN5O. The molecule has 0 aliphatic heterocycles. The smallest absolute Gasteiger partial charge is 0.193 e. The number of pyridine rings is 1. The van der Waals surface area contributed by atoms with Gasteiger partial charge in [0.2, 0.25) is 0 Å². The molecule has 1 aromatic rings. The zero-order valence-corrected chi connectivity index (χ0v) is 18.9.